The first-order chi connectivity index (χ1) is 8.84. The van der Waals surface area contributed by atoms with Crippen molar-refractivity contribution in [2.45, 2.75) is 13.1 Å². The minimum Gasteiger partial charge on any atom is -0.383 e. The lowest BCUT2D eigenvalue weighted by molar-refractivity contribution is -0.143. The largest absolute Gasteiger partial charge is 0.433 e. The van der Waals surface area contributed by atoms with E-state index in [0.29, 0.717) is 4.68 Å². The Morgan fingerprint density at radius 3 is 2.58 bits per heavy atom. The second-order valence-electron chi connectivity index (χ2n) is 3.80. The van der Waals surface area contributed by atoms with Crippen molar-refractivity contribution in [3.8, 4) is 11.9 Å². The number of nitriles is 1. The second kappa shape index (κ2) is 4.28. The number of aryl methyl sites for hydroxylation is 1. The van der Waals surface area contributed by atoms with Gasteiger partial charge in [-0.2, -0.15) is 23.5 Å². The summed E-state index contributed by atoms with van der Waals surface area (Å²) in [6.45, 7) is 1.30. The summed E-state index contributed by atoms with van der Waals surface area (Å²) in [5, 5.41) is 12.3. The summed E-state index contributed by atoms with van der Waals surface area (Å²) in [6.07, 6.45) is -3.45. The molecule has 2 aromatic heterocycles. The maximum atomic E-state index is 12.9. The van der Waals surface area contributed by atoms with Crippen LogP contribution in [-0.4, -0.2) is 14.8 Å². The Morgan fingerprint density at radius 2 is 2.05 bits per heavy atom. The van der Waals surface area contributed by atoms with Gasteiger partial charge in [0.15, 0.2) is 11.5 Å². The molecule has 98 valence electrons. The Labute approximate surface area is 106 Å². The fourth-order valence-corrected chi connectivity index (χ4v) is 1.62. The fourth-order valence-electron chi connectivity index (χ4n) is 1.62. The number of anilines is 1. The zero-order valence-corrected chi connectivity index (χ0v) is 9.73. The molecule has 2 heterocycles. The number of nitrogens with zero attached hydrogens (tertiary/aromatic N) is 4. The van der Waals surface area contributed by atoms with Gasteiger partial charge in [0.05, 0.1) is 11.8 Å². The zero-order chi connectivity index (χ0) is 14.2. The van der Waals surface area contributed by atoms with Crippen molar-refractivity contribution in [2.24, 2.45) is 0 Å². The Kier molecular flexibility index (Phi) is 2.90. The van der Waals surface area contributed by atoms with Crippen molar-refractivity contribution >= 4 is 5.82 Å². The molecule has 0 bridgehead atoms. The molecule has 0 spiro atoms. The molecule has 0 aromatic carbocycles. The van der Waals surface area contributed by atoms with Crippen molar-refractivity contribution in [3.63, 3.8) is 0 Å². The first kappa shape index (κ1) is 12.9. The maximum Gasteiger partial charge on any atom is 0.433 e. The number of aromatic nitrogens is 3. The smallest absolute Gasteiger partial charge is 0.383 e. The van der Waals surface area contributed by atoms with Crippen molar-refractivity contribution in [1.82, 2.24) is 14.8 Å². The lowest BCUT2D eigenvalue weighted by atomic mass is 10.2. The summed E-state index contributed by atoms with van der Waals surface area (Å²) in [4.78, 5) is 3.76. The Hall–Kier alpha value is -2.56. The minimum atomic E-state index is -4.55. The molecular formula is C11H8F3N5. The molecule has 2 N–H and O–H groups in total. The van der Waals surface area contributed by atoms with Crippen LogP contribution in [0.2, 0.25) is 0 Å². The summed E-state index contributed by atoms with van der Waals surface area (Å²) in [6, 6.07) is 4.35. The van der Waals surface area contributed by atoms with Crippen LogP contribution in [0.15, 0.2) is 18.3 Å². The van der Waals surface area contributed by atoms with E-state index in [4.69, 9.17) is 11.0 Å². The number of hydrogen-bond donors (Lipinski definition) is 1. The van der Waals surface area contributed by atoms with Crippen LogP contribution in [0.5, 0.6) is 0 Å². The van der Waals surface area contributed by atoms with Gasteiger partial charge in [-0.15, -0.1) is 0 Å². The van der Waals surface area contributed by atoms with Gasteiger partial charge in [0.25, 0.3) is 0 Å². The quantitative estimate of drug-likeness (QED) is 0.857. The number of rotatable bonds is 1. The third kappa shape index (κ3) is 2.22. The average Bonchev–Trinajstić information content (AvgIpc) is 2.70. The SMILES string of the molecule is Cc1cnn(-c2ccc(C#N)c(N)n2)c1C(F)(F)F. The summed E-state index contributed by atoms with van der Waals surface area (Å²) >= 11 is 0. The van der Waals surface area contributed by atoms with Crippen molar-refractivity contribution < 1.29 is 13.2 Å². The average molecular weight is 267 g/mol. The highest BCUT2D eigenvalue weighted by atomic mass is 19.4. The number of hydrogen-bond acceptors (Lipinski definition) is 4. The van der Waals surface area contributed by atoms with E-state index in [2.05, 4.69) is 10.1 Å². The molecule has 8 heteroatoms. The molecule has 2 rings (SSSR count). The third-order valence-electron chi connectivity index (χ3n) is 2.47. The topological polar surface area (TPSA) is 80.5 Å². The van der Waals surface area contributed by atoms with Crippen LogP contribution >= 0.6 is 0 Å². The Morgan fingerprint density at radius 1 is 1.37 bits per heavy atom. The van der Waals surface area contributed by atoms with Crippen LogP contribution in [0, 0.1) is 18.3 Å². The molecule has 19 heavy (non-hydrogen) atoms. The normalized spacial score (nSPS) is 11.3. The van der Waals surface area contributed by atoms with Gasteiger partial charge in [0, 0.05) is 0 Å². The van der Waals surface area contributed by atoms with E-state index in [1.165, 1.54) is 19.1 Å². The van der Waals surface area contributed by atoms with Crippen molar-refractivity contribution in [3.05, 3.63) is 35.2 Å². The second-order valence-corrected chi connectivity index (χ2v) is 3.80. The van der Waals surface area contributed by atoms with Gasteiger partial charge >= 0.3 is 6.18 Å². The predicted molar refractivity (Wildman–Crippen MR) is 60.2 cm³/mol. The van der Waals surface area contributed by atoms with Gasteiger partial charge < -0.3 is 5.73 Å². The predicted octanol–water partition coefficient (Wildman–Crippen LogP) is 2.05. The molecule has 0 fully saturated rings. The van der Waals surface area contributed by atoms with Gasteiger partial charge in [-0.25, -0.2) is 9.67 Å². The number of halogens is 3. The number of pyridine rings is 1. The van der Waals surface area contributed by atoms with Crippen LogP contribution in [0.25, 0.3) is 5.82 Å². The summed E-state index contributed by atoms with van der Waals surface area (Å²) in [5.41, 5.74) is 4.65. The number of nitrogens with two attached hydrogens (primary N) is 1. The highest BCUT2D eigenvalue weighted by molar-refractivity contribution is 5.51. The Balaban J connectivity index is 2.61. The van der Waals surface area contributed by atoms with E-state index < -0.39 is 11.9 Å². The molecule has 0 saturated carbocycles. The van der Waals surface area contributed by atoms with E-state index in [-0.39, 0.29) is 22.8 Å². The molecule has 0 unspecified atom stereocenters. The summed E-state index contributed by atoms with van der Waals surface area (Å²) < 4.78 is 39.4. The Bertz CT molecular complexity index is 666. The highest BCUT2D eigenvalue weighted by Gasteiger charge is 2.37. The van der Waals surface area contributed by atoms with Gasteiger partial charge in [0.1, 0.15) is 11.9 Å². The van der Waals surface area contributed by atoms with E-state index in [9.17, 15) is 13.2 Å². The molecule has 0 amide bonds. The van der Waals surface area contributed by atoms with Gasteiger partial charge in [-0.05, 0) is 24.6 Å². The minimum absolute atomic E-state index is 0.0165. The van der Waals surface area contributed by atoms with E-state index in [1.807, 2.05) is 0 Å². The molecule has 5 nitrogen and oxygen atoms in total. The van der Waals surface area contributed by atoms with Crippen LogP contribution in [-0.2, 0) is 6.18 Å². The molecule has 0 radical (unpaired) electrons. The molecule has 0 atom stereocenters. The lowest BCUT2D eigenvalue weighted by Gasteiger charge is -2.11. The first-order valence-corrected chi connectivity index (χ1v) is 5.13. The van der Waals surface area contributed by atoms with Gasteiger partial charge in [0.2, 0.25) is 0 Å². The molecule has 0 saturated heterocycles. The maximum absolute atomic E-state index is 12.9. The lowest BCUT2D eigenvalue weighted by Crippen LogP contribution is -2.16. The van der Waals surface area contributed by atoms with Gasteiger partial charge in [-0.1, -0.05) is 0 Å². The summed E-state index contributed by atoms with van der Waals surface area (Å²) in [5.74, 6) is -0.224. The van der Waals surface area contributed by atoms with Crippen LogP contribution in [0.4, 0.5) is 19.0 Å². The summed E-state index contributed by atoms with van der Waals surface area (Å²) in [7, 11) is 0. The third-order valence-corrected chi connectivity index (χ3v) is 2.47. The molecule has 0 aliphatic rings. The number of alkyl halides is 3. The highest BCUT2D eigenvalue weighted by Crippen LogP contribution is 2.33. The monoisotopic (exact) mass is 267 g/mol. The fraction of sp³-hybridized carbons (Fsp3) is 0.182. The molecule has 0 aliphatic heterocycles. The zero-order valence-electron chi connectivity index (χ0n) is 9.73. The number of nitrogen functional groups attached to an aromatic ring is 1. The van der Waals surface area contributed by atoms with Crippen LogP contribution in [0.3, 0.4) is 0 Å². The van der Waals surface area contributed by atoms with Crippen LogP contribution in [0.1, 0.15) is 16.8 Å². The molecule has 2 aromatic rings. The van der Waals surface area contributed by atoms with E-state index in [1.54, 1.807) is 6.07 Å². The first-order valence-electron chi connectivity index (χ1n) is 5.13. The molecule has 0 aliphatic carbocycles. The van der Waals surface area contributed by atoms with Gasteiger partial charge in [-0.3, -0.25) is 0 Å². The van der Waals surface area contributed by atoms with Crippen molar-refractivity contribution in [1.29, 1.82) is 5.26 Å². The van der Waals surface area contributed by atoms with E-state index in [0.717, 1.165) is 6.20 Å². The van der Waals surface area contributed by atoms with Crippen molar-refractivity contribution in [2.75, 3.05) is 5.73 Å². The van der Waals surface area contributed by atoms with Crippen LogP contribution < -0.4 is 5.73 Å². The van der Waals surface area contributed by atoms with E-state index >= 15 is 0 Å². The standard InChI is InChI=1S/C11H8F3N5/c1-6-5-17-19(9(6)11(12,13)14)8-3-2-7(4-15)10(16)18-8/h2-3,5H,1H3,(H2,16,18). The molecular weight excluding hydrogens is 259 g/mol.